The van der Waals surface area contributed by atoms with Crippen molar-refractivity contribution in [3.8, 4) is 11.4 Å². The van der Waals surface area contributed by atoms with E-state index in [9.17, 15) is 22.0 Å². The van der Waals surface area contributed by atoms with Crippen LogP contribution in [0.15, 0.2) is 59.4 Å². The lowest BCUT2D eigenvalue weighted by Crippen LogP contribution is -2.28. The maximum atomic E-state index is 14.1. The van der Waals surface area contributed by atoms with Gasteiger partial charge >= 0.3 is 0 Å². The molecule has 0 aliphatic rings. The summed E-state index contributed by atoms with van der Waals surface area (Å²) < 4.78 is 62.3. The molecule has 5 rings (SSSR count). The Hall–Kier alpha value is -4.00. The van der Waals surface area contributed by atoms with E-state index in [1.54, 1.807) is 37.4 Å². The summed E-state index contributed by atoms with van der Waals surface area (Å²) in [4.78, 5) is 14.1. The number of anilines is 1. The highest BCUT2D eigenvalue weighted by Crippen LogP contribution is 2.36. The quantitative estimate of drug-likeness (QED) is 0.291. The molecule has 40 heavy (non-hydrogen) atoms. The average molecular weight is 588 g/mol. The van der Waals surface area contributed by atoms with Crippen LogP contribution >= 0.6 is 11.6 Å². The molecule has 0 unspecified atom stereocenters. The van der Waals surface area contributed by atoms with Gasteiger partial charge in [0.15, 0.2) is 5.82 Å². The predicted molar refractivity (Wildman–Crippen MR) is 151 cm³/mol. The lowest BCUT2D eigenvalue weighted by Gasteiger charge is -2.21. The molecule has 0 spiro atoms. The number of nitrogens with two attached hydrogens (primary N) is 1. The fourth-order valence-corrected chi connectivity index (χ4v) is 5.57. The Morgan fingerprint density at radius 1 is 1.10 bits per heavy atom. The smallest absolute Gasteiger partial charge is 0.263 e. The first-order valence-electron chi connectivity index (χ1n) is 11.9. The first-order valence-corrected chi connectivity index (χ1v) is 14.2. The second-order valence-electron chi connectivity index (χ2n) is 9.39. The van der Waals surface area contributed by atoms with Gasteiger partial charge in [-0.1, -0.05) is 17.7 Å². The first kappa shape index (κ1) is 27.6. The van der Waals surface area contributed by atoms with Crippen molar-refractivity contribution in [3.63, 3.8) is 0 Å². The molecule has 0 aliphatic carbocycles. The number of aromatic nitrogens is 3. The monoisotopic (exact) mass is 587 g/mol. The van der Waals surface area contributed by atoms with Gasteiger partial charge < -0.3 is 10.5 Å². The van der Waals surface area contributed by atoms with Gasteiger partial charge in [0.2, 0.25) is 10.0 Å². The number of halogens is 3. The number of hydrogen-bond donors (Lipinski definition) is 2. The van der Waals surface area contributed by atoms with Crippen LogP contribution in [-0.2, 0) is 23.5 Å². The molecule has 9 nitrogen and oxygen atoms in total. The Balaban J connectivity index is 1.81. The number of nitrogens with one attached hydrogen (secondary N) is 1. The molecule has 0 fully saturated rings. The third-order valence-electron chi connectivity index (χ3n) is 6.45. The van der Waals surface area contributed by atoms with Gasteiger partial charge in [0.25, 0.3) is 5.56 Å². The van der Waals surface area contributed by atoms with Gasteiger partial charge in [-0.2, -0.15) is 5.10 Å². The van der Waals surface area contributed by atoms with E-state index in [0.29, 0.717) is 39.0 Å². The second-order valence-corrected chi connectivity index (χ2v) is 11.5. The molecule has 0 radical (unpaired) electrons. The number of aryl methyl sites for hydroxylation is 1. The lowest BCUT2D eigenvalue weighted by atomic mass is 10.00. The minimum absolute atomic E-state index is 0.0107. The van der Waals surface area contributed by atoms with Crippen LogP contribution in [0.4, 0.5) is 14.6 Å². The zero-order valence-corrected chi connectivity index (χ0v) is 23.1. The summed E-state index contributed by atoms with van der Waals surface area (Å²) in [5.41, 5.74) is 7.49. The zero-order valence-electron chi connectivity index (χ0n) is 21.6. The molecule has 13 heteroatoms. The molecular formula is C27H24ClF2N5O4S. The average Bonchev–Trinajstić information content (AvgIpc) is 3.18. The predicted octanol–water partition coefficient (Wildman–Crippen LogP) is 4.43. The molecule has 0 bridgehead atoms. The molecule has 0 saturated carbocycles. The normalized spacial score (nSPS) is 12.7. The third kappa shape index (κ3) is 5.12. The van der Waals surface area contributed by atoms with Gasteiger partial charge in [0, 0.05) is 24.8 Å². The van der Waals surface area contributed by atoms with Crippen molar-refractivity contribution in [3.05, 3.63) is 92.9 Å². The minimum atomic E-state index is -3.71. The van der Waals surface area contributed by atoms with E-state index < -0.39 is 33.3 Å². The van der Waals surface area contributed by atoms with E-state index in [0.717, 1.165) is 12.3 Å². The summed E-state index contributed by atoms with van der Waals surface area (Å²) >= 11 is 6.49. The van der Waals surface area contributed by atoms with E-state index in [1.165, 1.54) is 34.6 Å². The van der Waals surface area contributed by atoms with Crippen LogP contribution < -0.4 is 20.8 Å². The van der Waals surface area contributed by atoms with Crippen LogP contribution in [0.2, 0.25) is 5.02 Å². The molecular weight excluding hydrogens is 564 g/mol. The van der Waals surface area contributed by atoms with Gasteiger partial charge in [-0.25, -0.2) is 17.2 Å². The fraction of sp³-hybridized carbons (Fsp3) is 0.185. The third-order valence-corrected chi connectivity index (χ3v) is 7.33. The lowest BCUT2D eigenvalue weighted by molar-refractivity contribution is 0.415. The number of rotatable bonds is 7. The van der Waals surface area contributed by atoms with Gasteiger partial charge in [-0.05, 0) is 59.8 Å². The number of ether oxygens (including phenoxy) is 1. The number of pyridine rings is 1. The van der Waals surface area contributed by atoms with Gasteiger partial charge in [0.05, 0.1) is 40.4 Å². The summed E-state index contributed by atoms with van der Waals surface area (Å²) in [6, 6.07) is 12.1. The topological polar surface area (TPSA) is 121 Å². The summed E-state index contributed by atoms with van der Waals surface area (Å²) in [7, 11) is -0.640. The Morgan fingerprint density at radius 3 is 2.45 bits per heavy atom. The Morgan fingerprint density at radius 2 is 1.80 bits per heavy atom. The van der Waals surface area contributed by atoms with Crippen LogP contribution in [0.25, 0.3) is 27.4 Å². The van der Waals surface area contributed by atoms with E-state index in [-0.39, 0.29) is 22.6 Å². The van der Waals surface area contributed by atoms with E-state index in [1.807, 2.05) is 0 Å². The van der Waals surface area contributed by atoms with Crippen molar-refractivity contribution in [1.29, 1.82) is 0 Å². The number of sulfonamides is 1. The van der Waals surface area contributed by atoms with Gasteiger partial charge in [0.1, 0.15) is 17.4 Å². The zero-order chi connectivity index (χ0) is 28.9. The van der Waals surface area contributed by atoms with E-state index in [4.69, 9.17) is 22.1 Å². The Bertz CT molecular complexity index is 1950. The molecule has 2 heterocycles. The second kappa shape index (κ2) is 10.2. The maximum Gasteiger partial charge on any atom is 0.263 e. The van der Waals surface area contributed by atoms with Crippen LogP contribution in [0.3, 0.4) is 0 Å². The standard InChI is InChI=1S/C27H24ClF2N5O4S/c1-34-25-22(7-6-20(28)24(25)26(32-34)33-40(3,37)38)35-23(21(31)10-14-8-16(29)12-17(30)9-14)11-15-4-5-18(39-2)13-19(15)27(35)36/h4-9,11-13,21H,10,31H2,1-3H3,(H,32,33)/t21-/m0/s1. The van der Waals surface area contributed by atoms with Gasteiger partial charge in [-0.15, -0.1) is 0 Å². The number of nitrogens with zero attached hydrogens (tertiary/aromatic N) is 3. The number of hydrogen-bond acceptors (Lipinski definition) is 6. The fourth-order valence-electron chi connectivity index (χ4n) is 4.83. The molecule has 2 aromatic heterocycles. The van der Waals surface area contributed by atoms with Crippen molar-refractivity contribution in [2.24, 2.45) is 12.8 Å². The van der Waals surface area contributed by atoms with Crippen molar-refractivity contribution in [2.75, 3.05) is 18.1 Å². The number of fused-ring (bicyclic) bond motifs is 2. The summed E-state index contributed by atoms with van der Waals surface area (Å²) in [6.45, 7) is 0. The number of benzene rings is 3. The van der Waals surface area contributed by atoms with Crippen LogP contribution in [-0.4, -0.2) is 36.1 Å². The van der Waals surface area contributed by atoms with Crippen LogP contribution in [0.1, 0.15) is 17.3 Å². The van der Waals surface area contributed by atoms with Crippen molar-refractivity contribution >= 4 is 49.1 Å². The summed E-state index contributed by atoms with van der Waals surface area (Å²) in [5, 5.41) is 5.68. The number of methoxy groups -OCH3 is 1. The maximum absolute atomic E-state index is 14.1. The van der Waals surface area contributed by atoms with E-state index >= 15 is 0 Å². The van der Waals surface area contributed by atoms with Crippen LogP contribution in [0.5, 0.6) is 5.75 Å². The highest BCUT2D eigenvalue weighted by molar-refractivity contribution is 7.92. The highest BCUT2D eigenvalue weighted by Gasteiger charge is 2.24. The van der Waals surface area contributed by atoms with E-state index in [2.05, 4.69) is 9.82 Å². The molecule has 3 N–H and O–H groups in total. The van der Waals surface area contributed by atoms with Crippen molar-refractivity contribution in [1.82, 2.24) is 14.3 Å². The molecule has 3 aromatic carbocycles. The van der Waals surface area contributed by atoms with Crippen molar-refractivity contribution < 1.29 is 21.9 Å². The molecule has 0 aliphatic heterocycles. The highest BCUT2D eigenvalue weighted by atomic mass is 35.5. The first-order chi connectivity index (χ1) is 18.9. The SMILES string of the molecule is COc1ccc2cc([C@@H](N)Cc3cc(F)cc(F)c3)n(-c3ccc(Cl)c4c(NS(C)(=O)=O)nn(C)c34)c(=O)c2c1. The van der Waals surface area contributed by atoms with Gasteiger partial charge in [-0.3, -0.25) is 18.8 Å². The summed E-state index contributed by atoms with van der Waals surface area (Å²) in [5.74, 6) is -1.04. The Kier molecular flexibility index (Phi) is 7.02. The molecule has 208 valence electrons. The van der Waals surface area contributed by atoms with Crippen molar-refractivity contribution in [2.45, 2.75) is 12.5 Å². The Labute approximate surface area is 232 Å². The molecule has 1 atom stereocenters. The molecule has 5 aromatic rings. The largest absolute Gasteiger partial charge is 0.497 e. The molecule has 0 amide bonds. The molecule has 0 saturated heterocycles. The minimum Gasteiger partial charge on any atom is -0.497 e. The summed E-state index contributed by atoms with van der Waals surface area (Å²) in [6.07, 6.45) is 0.998. The van der Waals surface area contributed by atoms with Crippen LogP contribution in [0, 0.1) is 11.6 Å².